The number of hydrogen-bond acceptors (Lipinski definition) is 8. The largest absolute Gasteiger partial charge is 0.339 e. The van der Waals surface area contributed by atoms with Gasteiger partial charge in [0.1, 0.15) is 17.6 Å². The van der Waals surface area contributed by atoms with Crippen molar-refractivity contribution in [3.8, 4) is 11.1 Å². The minimum atomic E-state index is -3.91. The fourth-order valence-corrected chi connectivity index (χ4v) is 8.50. The van der Waals surface area contributed by atoms with Crippen LogP contribution in [0.3, 0.4) is 0 Å². The van der Waals surface area contributed by atoms with Crippen molar-refractivity contribution in [2.75, 3.05) is 20.1 Å². The quantitative estimate of drug-likeness (QED) is 0.346. The van der Waals surface area contributed by atoms with Crippen LogP contribution in [0.2, 0.25) is 0 Å². The molecule has 2 saturated carbocycles. The molecular formula is C37H47N7O7S. The third kappa shape index (κ3) is 7.41. The van der Waals surface area contributed by atoms with Crippen LogP contribution in [0.4, 0.5) is 4.79 Å². The van der Waals surface area contributed by atoms with Crippen molar-refractivity contribution in [2.45, 2.75) is 87.7 Å². The highest BCUT2D eigenvalue weighted by Crippen LogP contribution is 2.45. The molecule has 3 heterocycles. The van der Waals surface area contributed by atoms with Crippen LogP contribution < -0.4 is 20.9 Å². The van der Waals surface area contributed by atoms with Crippen molar-refractivity contribution >= 4 is 33.8 Å². The van der Waals surface area contributed by atoms with Gasteiger partial charge in [0.15, 0.2) is 0 Å². The normalized spacial score (nSPS) is 27.4. The number of allylic oxidation sites excluding steroid dienone is 2. The van der Waals surface area contributed by atoms with Crippen LogP contribution in [0.1, 0.15) is 64.0 Å². The topological polar surface area (TPSA) is 180 Å². The van der Waals surface area contributed by atoms with E-state index in [1.807, 2.05) is 42.5 Å². The van der Waals surface area contributed by atoms with Gasteiger partial charge in [-0.3, -0.25) is 23.9 Å². The summed E-state index contributed by atoms with van der Waals surface area (Å²) in [5.41, 5.74) is 0.103. The molecule has 1 aromatic heterocycles. The molecule has 6 rings (SSSR count). The summed E-state index contributed by atoms with van der Waals surface area (Å²) in [4.78, 5) is 72.7. The minimum absolute atomic E-state index is 0.0140. The second-order valence-corrected chi connectivity index (χ2v) is 16.6. The lowest BCUT2D eigenvalue weighted by Crippen LogP contribution is -2.59. The Hall–Kier alpha value is -4.79. The third-order valence-corrected chi connectivity index (χ3v) is 12.4. The van der Waals surface area contributed by atoms with Gasteiger partial charge in [-0.2, -0.15) is 5.10 Å². The smallest absolute Gasteiger partial charge is 0.317 e. The Bertz CT molecular complexity index is 1940. The molecule has 4 aliphatic rings. The first-order chi connectivity index (χ1) is 24.8. The second kappa shape index (κ2) is 14.7. The van der Waals surface area contributed by atoms with Gasteiger partial charge in [-0.25, -0.2) is 17.9 Å². The number of rotatable bonds is 8. The van der Waals surface area contributed by atoms with Crippen LogP contribution in [0.25, 0.3) is 11.1 Å². The lowest BCUT2D eigenvalue weighted by Gasteiger charge is -2.32. The first-order valence-electron chi connectivity index (χ1n) is 17.9. The number of carbonyl (C=O) groups excluding carboxylic acids is 4. The van der Waals surface area contributed by atoms with Gasteiger partial charge in [0.2, 0.25) is 21.8 Å². The number of nitrogens with zero attached hydrogens (tertiary/aromatic N) is 4. The molecule has 3 N–H and O–H groups in total. The van der Waals surface area contributed by atoms with Gasteiger partial charge in [-0.05, 0) is 50.0 Å². The fraction of sp³-hybridized carbons (Fsp3) is 0.514. The van der Waals surface area contributed by atoms with Crippen molar-refractivity contribution in [3.05, 3.63) is 77.3 Å². The molecule has 2 aliphatic heterocycles. The Morgan fingerprint density at radius 3 is 2.50 bits per heavy atom. The van der Waals surface area contributed by atoms with E-state index in [0.717, 1.165) is 5.56 Å². The van der Waals surface area contributed by atoms with Crippen LogP contribution in [0.15, 0.2) is 66.1 Å². The number of urea groups is 1. The van der Waals surface area contributed by atoms with Crippen molar-refractivity contribution in [3.63, 3.8) is 0 Å². The van der Waals surface area contributed by atoms with Crippen molar-refractivity contribution < 1.29 is 27.6 Å². The molecule has 2 aliphatic carbocycles. The molecule has 5 amide bonds. The zero-order valence-corrected chi connectivity index (χ0v) is 30.6. The predicted molar refractivity (Wildman–Crippen MR) is 194 cm³/mol. The van der Waals surface area contributed by atoms with Gasteiger partial charge in [-0.15, -0.1) is 6.58 Å². The Balaban J connectivity index is 1.38. The van der Waals surface area contributed by atoms with E-state index in [2.05, 4.69) is 27.0 Å². The molecule has 4 bridgehead atoms. The highest BCUT2D eigenvalue weighted by Gasteiger charge is 2.62. The van der Waals surface area contributed by atoms with Crippen LogP contribution in [-0.2, 0) is 30.8 Å². The van der Waals surface area contributed by atoms with E-state index in [1.165, 1.54) is 20.6 Å². The second-order valence-electron chi connectivity index (χ2n) is 14.6. The molecule has 1 unspecified atom stereocenters. The van der Waals surface area contributed by atoms with Crippen LogP contribution in [0.5, 0.6) is 0 Å². The molecule has 5 atom stereocenters. The Morgan fingerprint density at radius 2 is 1.85 bits per heavy atom. The maximum Gasteiger partial charge on any atom is 0.317 e. The molecule has 1 aromatic carbocycles. The molecular weight excluding hydrogens is 687 g/mol. The standard InChI is InChI=1S/C37H47N7O7S/c1-5-25-20-37(25,35(48)41-52(50,51)27-16-17-27)40-32(45)30-19-26-22-43(30)34(47)31(23(2)3)39-36(49)42(4)18-12-7-6-11-15-28-29(21-38-44(26)33(28)46)24-13-9-8-10-14-24/h5-6,8-11,13-14,21,23,25-27,30-31H,1,7,12,15-20,22H2,2-4H3,(H,39,49)(H,40,45)(H,41,48)/b11-6+/t25-,26?,30+,31+,37-/m1/s1. The number of amides is 5. The maximum atomic E-state index is 14.4. The molecule has 0 spiro atoms. The highest BCUT2D eigenvalue weighted by molar-refractivity contribution is 7.91. The molecule has 15 heteroatoms. The SMILES string of the molecule is C=C[C@@H]1C[C@]1(NC(=O)[C@@H]1CC2CN1C(=O)[C@H](C(C)C)NC(=O)N(C)CCC/C=C/Cc1c(-c3ccccc3)cnn2c1=O)C(=O)NS(=O)(=O)C1CC1. The van der Waals surface area contributed by atoms with Crippen molar-refractivity contribution in [1.82, 2.24) is 34.9 Å². The van der Waals surface area contributed by atoms with Gasteiger partial charge in [-0.1, -0.05) is 62.4 Å². The van der Waals surface area contributed by atoms with E-state index in [-0.39, 0.29) is 30.9 Å². The first-order valence-corrected chi connectivity index (χ1v) is 19.5. The summed E-state index contributed by atoms with van der Waals surface area (Å²) in [6, 6.07) is 6.12. The number of benzene rings is 1. The molecule has 14 nitrogen and oxygen atoms in total. The zero-order valence-electron chi connectivity index (χ0n) is 29.8. The summed E-state index contributed by atoms with van der Waals surface area (Å²) in [5, 5.41) is 9.56. The van der Waals surface area contributed by atoms with E-state index in [0.29, 0.717) is 49.8 Å². The predicted octanol–water partition coefficient (Wildman–Crippen LogP) is 2.28. The molecule has 3 fully saturated rings. The number of sulfonamides is 1. The average molecular weight is 734 g/mol. The fourth-order valence-electron chi connectivity index (χ4n) is 7.13. The zero-order chi connectivity index (χ0) is 37.4. The third-order valence-electron chi connectivity index (χ3n) is 10.6. The summed E-state index contributed by atoms with van der Waals surface area (Å²) in [5.74, 6) is -2.96. The highest BCUT2D eigenvalue weighted by atomic mass is 32.2. The molecule has 278 valence electrons. The van der Waals surface area contributed by atoms with Gasteiger partial charge < -0.3 is 20.4 Å². The number of carbonyl (C=O) groups is 4. The van der Waals surface area contributed by atoms with Gasteiger partial charge in [0, 0.05) is 43.6 Å². The summed E-state index contributed by atoms with van der Waals surface area (Å²) in [6.45, 7) is 7.70. The van der Waals surface area contributed by atoms with E-state index >= 15 is 0 Å². The summed E-state index contributed by atoms with van der Waals surface area (Å²) in [7, 11) is -2.25. The molecule has 52 heavy (non-hydrogen) atoms. The van der Waals surface area contributed by atoms with Gasteiger partial charge in [0.25, 0.3) is 11.5 Å². The van der Waals surface area contributed by atoms with E-state index in [9.17, 15) is 32.4 Å². The maximum absolute atomic E-state index is 14.4. The Kier molecular flexibility index (Phi) is 10.4. The van der Waals surface area contributed by atoms with Crippen molar-refractivity contribution in [2.24, 2.45) is 11.8 Å². The molecule has 0 radical (unpaired) electrons. The van der Waals surface area contributed by atoms with E-state index in [4.69, 9.17) is 0 Å². The van der Waals surface area contributed by atoms with Crippen LogP contribution >= 0.6 is 0 Å². The van der Waals surface area contributed by atoms with Crippen LogP contribution in [-0.4, -0.2) is 94.8 Å². The van der Waals surface area contributed by atoms with E-state index < -0.39 is 68.6 Å². The molecule has 2 aromatic rings. The lowest BCUT2D eigenvalue weighted by molar-refractivity contribution is -0.141. The molecule has 1 saturated heterocycles. The van der Waals surface area contributed by atoms with E-state index in [1.54, 1.807) is 27.1 Å². The average Bonchev–Trinajstić information content (AvgIpc) is 4.04. The number of nitrogens with one attached hydrogen (secondary N) is 3. The number of fused-ring (bicyclic) bond motifs is 5. The number of hydrogen-bond donors (Lipinski definition) is 3. The summed E-state index contributed by atoms with van der Waals surface area (Å²) in [6.07, 6.45) is 9.73. The minimum Gasteiger partial charge on any atom is -0.339 e. The summed E-state index contributed by atoms with van der Waals surface area (Å²) >= 11 is 0. The number of aromatic nitrogens is 2. The monoisotopic (exact) mass is 733 g/mol. The van der Waals surface area contributed by atoms with Crippen molar-refractivity contribution in [1.29, 1.82) is 0 Å². The van der Waals surface area contributed by atoms with Gasteiger partial charge >= 0.3 is 6.03 Å². The Morgan fingerprint density at radius 1 is 1.12 bits per heavy atom. The van der Waals surface area contributed by atoms with Gasteiger partial charge in [0.05, 0.1) is 17.5 Å². The van der Waals surface area contributed by atoms with Crippen LogP contribution in [0, 0.1) is 11.8 Å². The summed E-state index contributed by atoms with van der Waals surface area (Å²) < 4.78 is 28.9. The lowest BCUT2D eigenvalue weighted by atomic mass is 10.00. The Labute approximate surface area is 303 Å². The first kappa shape index (κ1) is 37.0.